The lowest BCUT2D eigenvalue weighted by molar-refractivity contribution is -0.133. The number of carbonyl (C=O) groups is 2. The quantitative estimate of drug-likeness (QED) is 0.739. The topological polar surface area (TPSA) is 96.1 Å². The van der Waals surface area contributed by atoms with Crippen LogP contribution in [-0.2, 0) is 20.7 Å². The molecule has 1 fully saturated rings. The van der Waals surface area contributed by atoms with E-state index < -0.39 is 0 Å². The molecule has 2 aromatic heterocycles. The van der Waals surface area contributed by atoms with Crippen molar-refractivity contribution in [2.45, 2.75) is 39.7 Å². The number of nitrogens with one attached hydrogen (secondary N) is 3. The van der Waals surface area contributed by atoms with Gasteiger partial charge in [0.05, 0.1) is 18.4 Å². The molecule has 0 bridgehead atoms. The number of rotatable bonds is 3. The third kappa shape index (κ3) is 3.82. The lowest BCUT2D eigenvalue weighted by atomic mass is 9.81. The Morgan fingerprint density at radius 2 is 2.16 bits per heavy atom. The standard InChI is InChI=1S/C18H24N4O3/c1-18(2,3)15-13(6-8-25-15)17(24)22-21-14(23)9-11-10-20-16-12(11)5-4-7-19-16/h4-5,7,10,13,15H,6,8-9H2,1-3H3,(H,19,20)(H,21,23)(H,22,24)/t13-,15-/m0/s1. The number of H-pyrrole nitrogens is 1. The summed E-state index contributed by atoms with van der Waals surface area (Å²) < 4.78 is 5.71. The van der Waals surface area contributed by atoms with Crippen LogP contribution in [0.3, 0.4) is 0 Å². The predicted molar refractivity (Wildman–Crippen MR) is 93.4 cm³/mol. The van der Waals surface area contributed by atoms with Crippen molar-refractivity contribution >= 4 is 22.8 Å². The van der Waals surface area contributed by atoms with Crippen molar-refractivity contribution in [1.82, 2.24) is 20.8 Å². The third-order valence-electron chi connectivity index (χ3n) is 4.49. The molecular weight excluding hydrogens is 320 g/mol. The number of ether oxygens (including phenoxy) is 1. The molecule has 3 heterocycles. The molecule has 0 aromatic carbocycles. The van der Waals surface area contributed by atoms with Crippen LogP contribution in [-0.4, -0.2) is 34.5 Å². The lowest BCUT2D eigenvalue weighted by Gasteiger charge is -2.30. The summed E-state index contributed by atoms with van der Waals surface area (Å²) in [5.41, 5.74) is 6.50. The molecule has 2 amide bonds. The van der Waals surface area contributed by atoms with Gasteiger partial charge in [-0.15, -0.1) is 0 Å². The molecule has 3 N–H and O–H groups in total. The molecule has 1 saturated heterocycles. The Labute approximate surface area is 146 Å². The van der Waals surface area contributed by atoms with E-state index >= 15 is 0 Å². The number of hydrazine groups is 1. The number of aromatic amines is 1. The zero-order chi connectivity index (χ0) is 18.0. The largest absolute Gasteiger partial charge is 0.377 e. The molecule has 0 unspecified atom stereocenters. The van der Waals surface area contributed by atoms with Crippen LogP contribution in [0, 0.1) is 11.3 Å². The van der Waals surface area contributed by atoms with Gasteiger partial charge in [0.1, 0.15) is 5.65 Å². The Morgan fingerprint density at radius 3 is 2.92 bits per heavy atom. The third-order valence-corrected chi connectivity index (χ3v) is 4.49. The van der Waals surface area contributed by atoms with E-state index in [2.05, 4.69) is 20.8 Å². The van der Waals surface area contributed by atoms with Crippen LogP contribution >= 0.6 is 0 Å². The van der Waals surface area contributed by atoms with Crippen molar-refractivity contribution in [2.75, 3.05) is 6.61 Å². The monoisotopic (exact) mass is 344 g/mol. The molecule has 3 rings (SSSR count). The average Bonchev–Trinajstić information content (AvgIpc) is 3.20. The summed E-state index contributed by atoms with van der Waals surface area (Å²) >= 11 is 0. The summed E-state index contributed by atoms with van der Waals surface area (Å²) in [6.07, 6.45) is 4.13. The van der Waals surface area contributed by atoms with Crippen molar-refractivity contribution in [3.63, 3.8) is 0 Å². The summed E-state index contributed by atoms with van der Waals surface area (Å²) in [6, 6.07) is 3.73. The zero-order valence-corrected chi connectivity index (χ0v) is 14.8. The summed E-state index contributed by atoms with van der Waals surface area (Å²) in [6.45, 7) is 6.71. The average molecular weight is 344 g/mol. The van der Waals surface area contributed by atoms with Gasteiger partial charge >= 0.3 is 0 Å². The van der Waals surface area contributed by atoms with Gasteiger partial charge in [0, 0.05) is 24.4 Å². The maximum Gasteiger partial charge on any atom is 0.244 e. The minimum atomic E-state index is -0.274. The van der Waals surface area contributed by atoms with Gasteiger partial charge in [-0.1, -0.05) is 20.8 Å². The van der Waals surface area contributed by atoms with Crippen LogP contribution in [0.1, 0.15) is 32.8 Å². The first-order chi connectivity index (χ1) is 11.9. The van der Waals surface area contributed by atoms with Gasteiger partial charge in [-0.3, -0.25) is 20.4 Å². The summed E-state index contributed by atoms with van der Waals surface area (Å²) in [5.74, 6) is -0.728. The number of pyridine rings is 1. The van der Waals surface area contributed by atoms with Crippen molar-refractivity contribution in [3.8, 4) is 0 Å². The van der Waals surface area contributed by atoms with E-state index in [1.165, 1.54) is 0 Å². The minimum absolute atomic E-state index is 0.125. The van der Waals surface area contributed by atoms with E-state index in [9.17, 15) is 9.59 Å². The number of hydrogen-bond acceptors (Lipinski definition) is 4. The summed E-state index contributed by atoms with van der Waals surface area (Å²) in [7, 11) is 0. The Hall–Kier alpha value is -2.41. The second-order valence-corrected chi connectivity index (χ2v) is 7.48. The number of aromatic nitrogens is 2. The normalized spacial score (nSPS) is 20.6. The van der Waals surface area contributed by atoms with E-state index in [0.29, 0.717) is 13.0 Å². The summed E-state index contributed by atoms with van der Waals surface area (Å²) in [4.78, 5) is 31.8. The summed E-state index contributed by atoms with van der Waals surface area (Å²) in [5, 5.41) is 0.904. The van der Waals surface area contributed by atoms with Crippen molar-refractivity contribution in [3.05, 3.63) is 30.1 Å². The fourth-order valence-electron chi connectivity index (χ4n) is 3.31. The highest BCUT2D eigenvalue weighted by Crippen LogP contribution is 2.34. The van der Waals surface area contributed by atoms with Gasteiger partial charge in [0.2, 0.25) is 11.8 Å². The van der Waals surface area contributed by atoms with Crippen LogP contribution < -0.4 is 10.9 Å². The smallest absolute Gasteiger partial charge is 0.244 e. The predicted octanol–water partition coefficient (Wildman–Crippen LogP) is 1.70. The van der Waals surface area contributed by atoms with E-state index in [0.717, 1.165) is 16.6 Å². The van der Waals surface area contributed by atoms with Crippen LogP contribution in [0.15, 0.2) is 24.5 Å². The van der Waals surface area contributed by atoms with Crippen molar-refractivity contribution in [2.24, 2.45) is 11.3 Å². The highest BCUT2D eigenvalue weighted by Gasteiger charge is 2.41. The second-order valence-electron chi connectivity index (χ2n) is 7.48. The number of amides is 2. The molecule has 2 aromatic rings. The van der Waals surface area contributed by atoms with Gasteiger partial charge in [-0.05, 0) is 29.5 Å². The van der Waals surface area contributed by atoms with E-state index in [1.54, 1.807) is 12.4 Å². The molecule has 25 heavy (non-hydrogen) atoms. The van der Waals surface area contributed by atoms with E-state index in [-0.39, 0.29) is 35.7 Å². The number of hydrogen-bond donors (Lipinski definition) is 3. The Balaban J connectivity index is 1.56. The first kappa shape index (κ1) is 17.4. The molecule has 134 valence electrons. The van der Waals surface area contributed by atoms with Gasteiger partial charge < -0.3 is 9.72 Å². The molecule has 0 spiro atoms. The first-order valence-electron chi connectivity index (χ1n) is 8.47. The van der Waals surface area contributed by atoms with Gasteiger partial charge in [0.15, 0.2) is 0 Å². The molecular formula is C18H24N4O3. The maximum absolute atomic E-state index is 12.4. The fraction of sp³-hybridized carbons (Fsp3) is 0.500. The number of nitrogens with zero attached hydrogens (tertiary/aromatic N) is 1. The number of fused-ring (bicyclic) bond motifs is 1. The SMILES string of the molecule is CC(C)(C)[C@H]1OCC[C@@H]1C(=O)NNC(=O)Cc1c[nH]c2ncccc12. The zero-order valence-electron chi connectivity index (χ0n) is 14.8. The Bertz CT molecular complexity index is 778. The molecule has 2 atom stereocenters. The van der Waals surface area contributed by atoms with Gasteiger partial charge in [-0.25, -0.2) is 4.98 Å². The van der Waals surface area contributed by atoms with Crippen LogP contribution in [0.25, 0.3) is 11.0 Å². The first-order valence-corrected chi connectivity index (χ1v) is 8.47. The minimum Gasteiger partial charge on any atom is -0.377 e. The molecule has 0 radical (unpaired) electrons. The van der Waals surface area contributed by atoms with Crippen LogP contribution in [0.2, 0.25) is 0 Å². The van der Waals surface area contributed by atoms with E-state index in [4.69, 9.17) is 4.74 Å². The second kappa shape index (κ2) is 6.84. The van der Waals surface area contributed by atoms with Crippen molar-refractivity contribution < 1.29 is 14.3 Å². The molecule has 1 aliphatic heterocycles. The lowest BCUT2D eigenvalue weighted by Crippen LogP contribution is -2.48. The highest BCUT2D eigenvalue weighted by molar-refractivity contribution is 5.88. The van der Waals surface area contributed by atoms with Crippen molar-refractivity contribution in [1.29, 1.82) is 0 Å². The Morgan fingerprint density at radius 1 is 1.36 bits per heavy atom. The molecule has 1 aliphatic rings. The molecule has 7 heteroatoms. The number of carbonyl (C=O) groups excluding carboxylic acids is 2. The fourth-order valence-corrected chi connectivity index (χ4v) is 3.31. The van der Waals surface area contributed by atoms with Crippen LogP contribution in [0.4, 0.5) is 0 Å². The highest BCUT2D eigenvalue weighted by atomic mass is 16.5. The maximum atomic E-state index is 12.4. The Kier molecular flexibility index (Phi) is 4.76. The molecule has 0 saturated carbocycles. The van der Waals surface area contributed by atoms with Gasteiger partial charge in [-0.2, -0.15) is 0 Å². The van der Waals surface area contributed by atoms with E-state index in [1.807, 2.05) is 32.9 Å². The molecule has 0 aliphatic carbocycles. The molecule has 7 nitrogen and oxygen atoms in total. The van der Waals surface area contributed by atoms with Crippen LogP contribution in [0.5, 0.6) is 0 Å². The van der Waals surface area contributed by atoms with Gasteiger partial charge in [0.25, 0.3) is 0 Å².